The number of ether oxygens (including phenoxy) is 2. The number of hydrogen-bond donors (Lipinski definition) is 6. The Kier molecular flexibility index (Phi) is 17.0. The fraction of sp³-hybridized carbons (Fsp3) is 0.520. The summed E-state index contributed by atoms with van der Waals surface area (Å²) in [7, 11) is 0. The minimum Gasteiger partial charge on any atom is -0.508 e. The average molecular weight is 897 g/mol. The van der Waals surface area contributed by atoms with Crippen LogP contribution < -0.4 is 20.7 Å². The van der Waals surface area contributed by atoms with Crippen LogP contribution in [0.5, 0.6) is 23.0 Å². The summed E-state index contributed by atoms with van der Waals surface area (Å²) in [5.74, 6) is -2.32. The van der Waals surface area contributed by atoms with Gasteiger partial charge in [0.15, 0.2) is 11.4 Å². The van der Waals surface area contributed by atoms with Gasteiger partial charge in [0.25, 0.3) is 5.91 Å². The number of esters is 1. The Morgan fingerprint density at radius 1 is 0.769 bits per heavy atom. The van der Waals surface area contributed by atoms with E-state index in [-0.39, 0.29) is 59.4 Å². The number of phenolic OH excluding ortho intramolecular Hbond substituents is 2. The van der Waals surface area contributed by atoms with Gasteiger partial charge in [0.05, 0.1) is 12.2 Å². The van der Waals surface area contributed by atoms with E-state index in [1.165, 1.54) is 87.1 Å². The molecule has 1 saturated heterocycles. The van der Waals surface area contributed by atoms with Gasteiger partial charge in [-0.2, -0.15) is 0 Å². The number of amides is 4. The number of carbonyl (C=O) groups is 6. The maximum absolute atomic E-state index is 14.1. The molecule has 15 nitrogen and oxygen atoms in total. The number of carbonyl (C=O) groups excluding carboxylic acids is 6. The minimum absolute atomic E-state index is 0.0647. The Bertz CT molecular complexity index is 2160. The Morgan fingerprint density at radius 3 is 2.00 bits per heavy atom. The van der Waals surface area contributed by atoms with Crippen LogP contribution in [0, 0.1) is 0 Å². The van der Waals surface area contributed by atoms with E-state index >= 15 is 0 Å². The Hall–Kier alpha value is -5.96. The van der Waals surface area contributed by atoms with Crippen molar-refractivity contribution in [1.82, 2.24) is 20.9 Å². The number of nitrogens with one attached hydrogen (secondary N) is 3. The van der Waals surface area contributed by atoms with Crippen molar-refractivity contribution in [2.45, 2.75) is 147 Å². The normalized spacial score (nSPS) is 16.4. The summed E-state index contributed by atoms with van der Waals surface area (Å²) in [6, 6.07) is 10.8. The molecule has 0 aliphatic carbocycles. The lowest BCUT2D eigenvalue weighted by atomic mass is 9.77. The molecule has 3 atom stereocenters. The molecule has 3 aliphatic heterocycles. The van der Waals surface area contributed by atoms with Crippen LogP contribution in [0.1, 0.15) is 160 Å². The van der Waals surface area contributed by atoms with Crippen LogP contribution in [-0.4, -0.2) is 93.4 Å². The summed E-state index contributed by atoms with van der Waals surface area (Å²) in [5, 5.41) is 38.4. The van der Waals surface area contributed by atoms with Crippen LogP contribution in [0.4, 0.5) is 0 Å². The molecule has 65 heavy (non-hydrogen) atoms. The molecular weight excluding hydrogens is 833 g/mol. The molecule has 6 N–H and O–H groups in total. The molecule has 15 heteroatoms. The number of hydrogen-bond acceptors (Lipinski definition) is 11. The lowest BCUT2D eigenvalue weighted by Gasteiger charge is -2.36. The molecule has 3 heterocycles. The minimum atomic E-state index is -1.46. The highest BCUT2D eigenvalue weighted by atomic mass is 16.6. The summed E-state index contributed by atoms with van der Waals surface area (Å²) >= 11 is 0. The molecule has 350 valence electrons. The molecule has 0 radical (unpaired) electrons. The van der Waals surface area contributed by atoms with Crippen molar-refractivity contribution >= 4 is 35.4 Å². The van der Waals surface area contributed by atoms with E-state index in [9.17, 15) is 44.1 Å². The zero-order valence-corrected chi connectivity index (χ0v) is 37.6. The number of aliphatic hydroxyl groups is 1. The van der Waals surface area contributed by atoms with Crippen LogP contribution in [0.2, 0.25) is 0 Å². The number of aliphatic hydroxyl groups excluding tert-OH is 1. The second kappa shape index (κ2) is 22.8. The third-order valence-corrected chi connectivity index (χ3v) is 12.7. The van der Waals surface area contributed by atoms with E-state index in [0.717, 1.165) is 19.3 Å². The van der Waals surface area contributed by atoms with E-state index in [2.05, 4.69) is 22.9 Å². The number of Topliss-reactive ketones (excluding diaryl/α,β-unsaturated/α-hetero) is 1. The molecule has 0 bridgehead atoms. The lowest BCUT2D eigenvalue weighted by Crippen LogP contribution is -2.55. The Labute approximate surface area is 380 Å². The summed E-state index contributed by atoms with van der Waals surface area (Å²) in [4.78, 5) is 81.0. The van der Waals surface area contributed by atoms with Crippen LogP contribution >= 0.6 is 0 Å². The second-order valence-electron chi connectivity index (χ2n) is 17.5. The van der Waals surface area contributed by atoms with Crippen LogP contribution in [0.25, 0.3) is 0 Å². The number of nitrogens with zero attached hydrogens (tertiary/aromatic N) is 1. The lowest BCUT2D eigenvalue weighted by molar-refractivity contribution is -0.142. The van der Waals surface area contributed by atoms with Crippen molar-refractivity contribution in [2.75, 3.05) is 19.7 Å². The zero-order valence-electron chi connectivity index (χ0n) is 37.6. The molecule has 3 aliphatic rings. The van der Waals surface area contributed by atoms with Crippen molar-refractivity contribution in [3.63, 3.8) is 0 Å². The number of likely N-dealkylation sites (tertiary alicyclic amines) is 1. The SMILES string of the molecule is CCCCCCCCCCCCCC(=O)NC(CCCCNC(=O)c1ccc2c(c1)C(=O)OC21c2ccc(O)cc2Oc2cc(O)ccc21)C(=O)N1CCC[C@H]1C(=O)N[C@@H](CO)C(C)=O. The summed E-state index contributed by atoms with van der Waals surface area (Å²) in [6.07, 6.45) is 15.0. The second-order valence-corrected chi connectivity index (χ2v) is 17.5. The number of aromatic hydroxyl groups is 2. The van der Waals surface area contributed by atoms with E-state index in [1.807, 2.05) is 0 Å². The molecular formula is C50H64N4O11. The topological polar surface area (TPSA) is 221 Å². The first-order valence-electron chi connectivity index (χ1n) is 23.4. The first-order valence-corrected chi connectivity index (χ1v) is 23.4. The molecule has 0 saturated carbocycles. The smallest absolute Gasteiger partial charge is 0.340 e. The van der Waals surface area contributed by atoms with E-state index < -0.39 is 59.8 Å². The Morgan fingerprint density at radius 2 is 1.38 bits per heavy atom. The number of ketones is 1. The molecule has 3 aromatic rings. The van der Waals surface area contributed by atoms with E-state index in [1.54, 1.807) is 24.3 Å². The van der Waals surface area contributed by atoms with Crippen molar-refractivity contribution in [2.24, 2.45) is 0 Å². The molecule has 1 spiro atoms. The quantitative estimate of drug-likeness (QED) is 0.0405. The van der Waals surface area contributed by atoms with Crippen molar-refractivity contribution in [1.29, 1.82) is 0 Å². The van der Waals surface area contributed by atoms with Gasteiger partial charge in [-0.15, -0.1) is 0 Å². The highest BCUT2D eigenvalue weighted by Crippen LogP contribution is 2.57. The molecule has 0 aromatic heterocycles. The summed E-state index contributed by atoms with van der Waals surface area (Å²) in [6.45, 7) is 3.46. The monoisotopic (exact) mass is 896 g/mol. The maximum Gasteiger partial charge on any atom is 0.340 e. The predicted octanol–water partition coefficient (Wildman–Crippen LogP) is 6.81. The van der Waals surface area contributed by atoms with Gasteiger partial charge in [0, 0.05) is 53.9 Å². The maximum atomic E-state index is 14.1. The number of fused-ring (bicyclic) bond motifs is 6. The van der Waals surface area contributed by atoms with Gasteiger partial charge in [-0.1, -0.05) is 77.2 Å². The standard InChI is InChI=1S/C50H64N4O11/c1-3-4-5-6-7-8-9-10-11-12-13-19-45(59)52-40(48(62)54-27-16-18-42(54)47(61)53-41(31-55)32(2)56)17-14-15-26-51-46(60)33-20-23-37-36(28-33)49(63)65-50(37)38-24-21-34(57)29-43(38)64-44-30-35(58)22-25-39(44)50/h20-25,28-30,40-42,55,57-58H,3-19,26-27,31H2,1-2H3,(H,51,60)(H,52,59)(H,53,61)/t40?,41-,42-/m0/s1. The van der Waals surface area contributed by atoms with Crippen molar-refractivity contribution in [3.05, 3.63) is 82.4 Å². The first kappa shape index (κ1) is 48.5. The van der Waals surface area contributed by atoms with Gasteiger partial charge < -0.3 is 45.6 Å². The number of benzene rings is 3. The fourth-order valence-corrected chi connectivity index (χ4v) is 9.14. The third kappa shape index (κ3) is 11.7. The van der Waals surface area contributed by atoms with Gasteiger partial charge in [-0.3, -0.25) is 24.0 Å². The zero-order chi connectivity index (χ0) is 46.5. The van der Waals surface area contributed by atoms with Crippen LogP contribution in [-0.2, 0) is 29.5 Å². The van der Waals surface area contributed by atoms with Gasteiger partial charge in [-0.25, -0.2) is 4.79 Å². The summed E-state index contributed by atoms with van der Waals surface area (Å²) < 4.78 is 12.1. The van der Waals surface area contributed by atoms with Crippen LogP contribution in [0.15, 0.2) is 54.6 Å². The predicted molar refractivity (Wildman–Crippen MR) is 242 cm³/mol. The molecule has 3 aromatic carbocycles. The number of phenols is 2. The van der Waals surface area contributed by atoms with E-state index in [0.29, 0.717) is 55.3 Å². The molecule has 4 amide bonds. The third-order valence-electron chi connectivity index (χ3n) is 12.7. The number of unbranched alkanes of at least 4 members (excludes halogenated alkanes) is 11. The average Bonchev–Trinajstić information content (AvgIpc) is 3.89. The first-order chi connectivity index (χ1) is 31.4. The fourth-order valence-electron chi connectivity index (χ4n) is 9.14. The highest BCUT2D eigenvalue weighted by molar-refractivity contribution is 6.02. The van der Waals surface area contributed by atoms with Gasteiger partial charge >= 0.3 is 5.97 Å². The van der Waals surface area contributed by atoms with Gasteiger partial charge in [0.2, 0.25) is 17.7 Å². The molecule has 6 rings (SSSR count). The van der Waals surface area contributed by atoms with Gasteiger partial charge in [-0.05, 0) is 81.8 Å². The Balaban J connectivity index is 1.06. The number of rotatable bonds is 24. The van der Waals surface area contributed by atoms with Crippen LogP contribution in [0.3, 0.4) is 0 Å². The van der Waals surface area contributed by atoms with Crippen molar-refractivity contribution < 1.29 is 53.6 Å². The summed E-state index contributed by atoms with van der Waals surface area (Å²) in [5.41, 5.74) is 0.323. The highest BCUT2D eigenvalue weighted by Gasteiger charge is 2.54. The van der Waals surface area contributed by atoms with Crippen molar-refractivity contribution in [3.8, 4) is 23.0 Å². The molecule has 1 unspecified atom stereocenters. The van der Waals surface area contributed by atoms with E-state index in [4.69, 9.17) is 9.47 Å². The molecule has 1 fully saturated rings. The largest absolute Gasteiger partial charge is 0.508 e. The van der Waals surface area contributed by atoms with Gasteiger partial charge in [0.1, 0.15) is 41.1 Å².